The predicted octanol–water partition coefficient (Wildman–Crippen LogP) is -0.681. The van der Waals surface area contributed by atoms with Crippen molar-refractivity contribution < 1.29 is 23.1 Å². The summed E-state index contributed by atoms with van der Waals surface area (Å²) in [5.41, 5.74) is 0. The van der Waals surface area contributed by atoms with Gasteiger partial charge in [-0.15, -0.1) is 0 Å². The van der Waals surface area contributed by atoms with E-state index < -0.39 is 33.7 Å². The molecule has 1 rings (SSSR count). The molecule has 0 radical (unpaired) electrons. The minimum atomic E-state index is -3.37. The number of carboxylic acids is 1. The van der Waals surface area contributed by atoms with Gasteiger partial charge in [-0.25, -0.2) is 13.1 Å². The fourth-order valence-electron chi connectivity index (χ4n) is 1.92. The molecule has 0 aromatic rings. The summed E-state index contributed by atoms with van der Waals surface area (Å²) in [7, 11) is -2.08. The van der Waals surface area contributed by atoms with Gasteiger partial charge in [0.1, 0.15) is 0 Å². The molecule has 19 heavy (non-hydrogen) atoms. The predicted molar refractivity (Wildman–Crippen MR) is 68.8 cm³/mol. The topological polar surface area (TPSA) is 113 Å². The average Bonchev–Trinajstić information content (AvgIpc) is 2.38. The number of sulfonamides is 1. The summed E-state index contributed by atoms with van der Waals surface area (Å²) in [5, 5.41) is 11.5. The van der Waals surface area contributed by atoms with Crippen molar-refractivity contribution >= 4 is 21.9 Å². The van der Waals surface area contributed by atoms with E-state index in [-0.39, 0.29) is 12.3 Å². The third-order valence-electron chi connectivity index (χ3n) is 3.07. The zero-order valence-electron chi connectivity index (χ0n) is 10.6. The van der Waals surface area contributed by atoms with E-state index in [1.54, 1.807) is 12.2 Å². The van der Waals surface area contributed by atoms with Gasteiger partial charge in [-0.05, 0) is 19.9 Å². The number of carbonyl (C=O) groups is 2. The van der Waals surface area contributed by atoms with Crippen molar-refractivity contribution in [2.75, 3.05) is 19.3 Å². The maximum Gasteiger partial charge on any atom is 0.307 e. The molecule has 0 bridgehead atoms. The van der Waals surface area contributed by atoms with E-state index in [2.05, 4.69) is 10.0 Å². The SMILES string of the molecule is CNS(=O)(=O)CCNC(=O)[C@@H]1CC=CC[C@@H]1C(=O)O. The van der Waals surface area contributed by atoms with Crippen LogP contribution in [0.25, 0.3) is 0 Å². The summed E-state index contributed by atoms with van der Waals surface area (Å²) in [4.78, 5) is 22.9. The van der Waals surface area contributed by atoms with Crippen molar-refractivity contribution in [1.82, 2.24) is 10.0 Å². The fraction of sp³-hybridized carbons (Fsp3) is 0.636. The third-order valence-corrected chi connectivity index (χ3v) is 4.43. The molecular weight excluding hydrogens is 272 g/mol. The van der Waals surface area contributed by atoms with E-state index in [1.165, 1.54) is 7.05 Å². The summed E-state index contributed by atoms with van der Waals surface area (Å²) in [6.45, 7) is -0.0332. The van der Waals surface area contributed by atoms with Gasteiger partial charge in [-0.1, -0.05) is 12.2 Å². The second-order valence-corrected chi connectivity index (χ2v) is 6.35. The molecule has 0 aliphatic heterocycles. The average molecular weight is 290 g/mol. The Kier molecular flexibility index (Phi) is 5.49. The van der Waals surface area contributed by atoms with Gasteiger partial charge >= 0.3 is 5.97 Å². The van der Waals surface area contributed by atoms with Crippen LogP contribution < -0.4 is 10.0 Å². The molecule has 7 nitrogen and oxygen atoms in total. The van der Waals surface area contributed by atoms with E-state index in [1.807, 2.05) is 0 Å². The first-order valence-electron chi connectivity index (χ1n) is 5.94. The Bertz CT molecular complexity index is 471. The van der Waals surface area contributed by atoms with Gasteiger partial charge in [-0.2, -0.15) is 0 Å². The molecule has 0 heterocycles. The number of nitrogens with one attached hydrogen (secondary N) is 2. The summed E-state index contributed by atoms with van der Waals surface area (Å²) in [6.07, 6.45) is 4.20. The molecule has 1 aliphatic carbocycles. The normalized spacial score (nSPS) is 23.0. The van der Waals surface area contributed by atoms with Gasteiger partial charge in [0.15, 0.2) is 0 Å². The Morgan fingerprint density at radius 1 is 1.26 bits per heavy atom. The smallest absolute Gasteiger partial charge is 0.307 e. The second-order valence-electron chi connectivity index (χ2n) is 4.31. The lowest BCUT2D eigenvalue weighted by atomic mass is 9.82. The van der Waals surface area contributed by atoms with Crippen molar-refractivity contribution in [1.29, 1.82) is 0 Å². The van der Waals surface area contributed by atoms with Gasteiger partial charge < -0.3 is 10.4 Å². The molecule has 0 spiro atoms. The first-order valence-corrected chi connectivity index (χ1v) is 7.59. The van der Waals surface area contributed by atoms with Crippen LogP contribution in [0.1, 0.15) is 12.8 Å². The zero-order chi connectivity index (χ0) is 14.5. The Morgan fingerprint density at radius 3 is 2.37 bits per heavy atom. The quantitative estimate of drug-likeness (QED) is 0.561. The lowest BCUT2D eigenvalue weighted by Gasteiger charge is -2.24. The number of hydrogen-bond donors (Lipinski definition) is 3. The minimum Gasteiger partial charge on any atom is -0.481 e. The monoisotopic (exact) mass is 290 g/mol. The van der Waals surface area contributed by atoms with Crippen molar-refractivity contribution in [3.8, 4) is 0 Å². The first-order chi connectivity index (χ1) is 8.87. The van der Waals surface area contributed by atoms with Crippen LogP contribution in [-0.4, -0.2) is 44.7 Å². The van der Waals surface area contributed by atoms with Crippen LogP contribution in [0.4, 0.5) is 0 Å². The van der Waals surface area contributed by atoms with E-state index in [4.69, 9.17) is 5.11 Å². The van der Waals surface area contributed by atoms with Gasteiger partial charge in [0.25, 0.3) is 0 Å². The van der Waals surface area contributed by atoms with Crippen molar-refractivity contribution in [2.45, 2.75) is 12.8 Å². The number of allylic oxidation sites excluding steroid dienone is 2. The Labute approximate surface area is 112 Å². The molecule has 0 saturated carbocycles. The number of rotatable bonds is 6. The Balaban J connectivity index is 2.53. The lowest BCUT2D eigenvalue weighted by molar-refractivity contribution is -0.147. The molecule has 2 atom stereocenters. The molecule has 1 aliphatic rings. The summed E-state index contributed by atoms with van der Waals surface area (Å²) >= 11 is 0. The number of hydrogen-bond acceptors (Lipinski definition) is 4. The second kappa shape index (κ2) is 6.67. The van der Waals surface area contributed by atoms with Crippen LogP contribution in [0, 0.1) is 11.8 Å². The molecule has 8 heteroatoms. The van der Waals surface area contributed by atoms with Crippen LogP contribution in [0.3, 0.4) is 0 Å². The Hall–Kier alpha value is -1.41. The van der Waals surface area contributed by atoms with Crippen molar-refractivity contribution in [3.05, 3.63) is 12.2 Å². The molecule has 3 N–H and O–H groups in total. The van der Waals surface area contributed by atoms with E-state index in [0.29, 0.717) is 12.8 Å². The molecule has 108 valence electrons. The molecule has 0 aromatic carbocycles. The number of amides is 1. The molecule has 0 aromatic heterocycles. The molecule has 0 fully saturated rings. The molecular formula is C11H18N2O5S. The van der Waals surface area contributed by atoms with Crippen molar-refractivity contribution in [2.24, 2.45) is 11.8 Å². The minimum absolute atomic E-state index is 0.0332. The van der Waals surface area contributed by atoms with Gasteiger partial charge in [-0.3, -0.25) is 9.59 Å². The highest BCUT2D eigenvalue weighted by Gasteiger charge is 2.33. The first kappa shape index (κ1) is 15.6. The zero-order valence-corrected chi connectivity index (χ0v) is 11.4. The largest absolute Gasteiger partial charge is 0.481 e. The number of carbonyl (C=O) groups excluding carboxylic acids is 1. The number of carboxylic acid groups (broad SMARTS) is 1. The third kappa shape index (κ3) is 4.64. The molecule has 0 saturated heterocycles. The highest BCUT2D eigenvalue weighted by atomic mass is 32.2. The maximum atomic E-state index is 11.9. The van der Waals surface area contributed by atoms with E-state index in [9.17, 15) is 18.0 Å². The van der Waals surface area contributed by atoms with Crippen LogP contribution >= 0.6 is 0 Å². The summed E-state index contributed by atoms with van der Waals surface area (Å²) in [5.74, 6) is -3.03. The van der Waals surface area contributed by atoms with Gasteiger partial charge in [0, 0.05) is 6.54 Å². The summed E-state index contributed by atoms with van der Waals surface area (Å²) < 4.78 is 24.5. The maximum absolute atomic E-state index is 11.9. The number of aliphatic carboxylic acids is 1. The van der Waals surface area contributed by atoms with Crippen LogP contribution in [0.5, 0.6) is 0 Å². The highest BCUT2D eigenvalue weighted by Crippen LogP contribution is 2.25. The van der Waals surface area contributed by atoms with Crippen LogP contribution in [0.15, 0.2) is 12.2 Å². The van der Waals surface area contributed by atoms with E-state index >= 15 is 0 Å². The van der Waals surface area contributed by atoms with Crippen molar-refractivity contribution in [3.63, 3.8) is 0 Å². The lowest BCUT2D eigenvalue weighted by Crippen LogP contribution is -2.41. The standard InChI is InChI=1S/C11H18N2O5S/c1-12-19(17,18)7-6-13-10(14)8-4-2-3-5-9(8)11(15)16/h2-3,8-9,12H,4-7H2,1H3,(H,13,14)(H,15,16)/t8-,9+/m1/s1. The molecule has 0 unspecified atom stereocenters. The van der Waals surface area contributed by atoms with Crippen LogP contribution in [0.2, 0.25) is 0 Å². The fourth-order valence-corrected chi connectivity index (χ4v) is 2.49. The van der Waals surface area contributed by atoms with Crippen LogP contribution in [-0.2, 0) is 19.6 Å². The van der Waals surface area contributed by atoms with Gasteiger partial charge in [0.2, 0.25) is 15.9 Å². The van der Waals surface area contributed by atoms with E-state index in [0.717, 1.165) is 0 Å². The summed E-state index contributed by atoms with van der Waals surface area (Å²) in [6, 6.07) is 0. The van der Waals surface area contributed by atoms with Gasteiger partial charge in [0.05, 0.1) is 17.6 Å². The molecule has 1 amide bonds. The Morgan fingerprint density at radius 2 is 1.84 bits per heavy atom. The highest BCUT2D eigenvalue weighted by molar-refractivity contribution is 7.89.